The molecule has 2 heterocycles. The van der Waals surface area contributed by atoms with Gasteiger partial charge in [0.05, 0.1) is 12.2 Å². The monoisotopic (exact) mass is 473 g/mol. The molecule has 2 aromatic carbocycles. The van der Waals surface area contributed by atoms with E-state index < -0.39 is 0 Å². The summed E-state index contributed by atoms with van der Waals surface area (Å²) in [4.78, 5) is 6.79. The minimum absolute atomic E-state index is 0.549. The van der Waals surface area contributed by atoms with Crippen molar-refractivity contribution in [2.45, 2.75) is 13.5 Å². The van der Waals surface area contributed by atoms with Gasteiger partial charge in [-0.15, -0.1) is 10.2 Å². The predicted molar refractivity (Wildman–Crippen MR) is 133 cm³/mol. The number of hydrogen-bond donors (Lipinski definition) is 0. The van der Waals surface area contributed by atoms with E-state index in [0.29, 0.717) is 11.0 Å². The summed E-state index contributed by atoms with van der Waals surface area (Å²) in [7, 11) is 0. The molecule has 9 heteroatoms. The molecule has 4 aromatic rings. The normalized spacial score (nSPS) is 10.3. The Morgan fingerprint density at radius 1 is 1.00 bits per heavy atom. The Balaban J connectivity index is 0.000000968. The number of benzene rings is 2. The van der Waals surface area contributed by atoms with Gasteiger partial charge in [-0.05, 0) is 31.2 Å². The topological polar surface area (TPSA) is 81.4 Å². The van der Waals surface area contributed by atoms with Crippen LogP contribution in [0.4, 0.5) is 16.5 Å². The van der Waals surface area contributed by atoms with Crippen LogP contribution >= 0.6 is 11.5 Å². The van der Waals surface area contributed by atoms with Crippen LogP contribution < -0.4 is 9.47 Å². The Morgan fingerprint density at radius 3 is 2.33 bits per heavy atom. The molecule has 0 radical (unpaired) electrons. The smallest absolute Gasteiger partial charge is 0.249 e. The molecular formula is C24H23N7S2. The van der Waals surface area contributed by atoms with Gasteiger partial charge in [-0.2, -0.15) is 9.36 Å². The van der Waals surface area contributed by atoms with Crippen molar-refractivity contribution in [1.82, 2.24) is 9.36 Å². The second-order valence-electron chi connectivity index (χ2n) is 6.77. The van der Waals surface area contributed by atoms with Gasteiger partial charge in [-0.25, -0.2) is 9.83 Å². The van der Waals surface area contributed by atoms with Crippen molar-refractivity contribution in [3.8, 4) is 16.8 Å². The molecule has 7 nitrogen and oxygen atoms in total. The highest BCUT2D eigenvalue weighted by atomic mass is 32.1. The van der Waals surface area contributed by atoms with Gasteiger partial charge in [-0.1, -0.05) is 41.8 Å². The number of likely N-dealkylation sites (N-methyl/N-ethyl adjacent to an activating group) is 1. The highest BCUT2D eigenvalue weighted by Gasteiger charge is 2.08. The molecule has 0 spiro atoms. The molecule has 0 saturated heterocycles. The Labute approximate surface area is 203 Å². The summed E-state index contributed by atoms with van der Waals surface area (Å²) in [6.45, 7) is 5.00. The molecule has 0 amide bonds. The van der Waals surface area contributed by atoms with Gasteiger partial charge in [0.1, 0.15) is 0 Å². The largest absolute Gasteiger partial charge is 0.696 e. The summed E-state index contributed by atoms with van der Waals surface area (Å²) in [6.07, 6.45) is 4.18. The van der Waals surface area contributed by atoms with E-state index in [9.17, 15) is 0 Å². The summed E-state index contributed by atoms with van der Waals surface area (Å²) in [6, 6.07) is 24.2. The summed E-state index contributed by atoms with van der Waals surface area (Å²) in [5.74, 6) is 0.680. The van der Waals surface area contributed by atoms with Crippen LogP contribution in [-0.4, -0.2) is 22.4 Å². The predicted octanol–water partition coefficient (Wildman–Crippen LogP) is 5.45. The lowest BCUT2D eigenvalue weighted by atomic mass is 10.2. The Kier molecular flexibility index (Phi) is 9.39. The lowest BCUT2D eigenvalue weighted by Crippen LogP contribution is -2.40. The number of nitrogens with zero attached hydrogens (tertiary/aromatic N) is 7. The molecule has 33 heavy (non-hydrogen) atoms. The first-order chi connectivity index (χ1) is 16.2. The molecule has 4 rings (SSSR count). The average molecular weight is 474 g/mol. The minimum Gasteiger partial charge on any atom is -0.696 e. The summed E-state index contributed by atoms with van der Waals surface area (Å²) < 4.78 is 6.55. The minimum atomic E-state index is 0.549. The first-order valence-electron chi connectivity index (χ1n) is 10.3. The second-order valence-corrected chi connectivity index (χ2v) is 7.68. The fraction of sp³-hybridized carbons (Fsp3) is 0.167. The fourth-order valence-electron chi connectivity index (χ4n) is 3.08. The molecule has 166 valence electrons. The fourth-order valence-corrected chi connectivity index (χ4v) is 3.60. The number of anilines is 1. The quantitative estimate of drug-likeness (QED) is 0.147. The lowest BCUT2D eigenvalue weighted by molar-refractivity contribution is -0.694. The van der Waals surface area contributed by atoms with Crippen molar-refractivity contribution in [2.75, 3.05) is 18.0 Å². The summed E-state index contributed by atoms with van der Waals surface area (Å²) >= 11 is 4.95. The SMILES string of the molecule is CCN(CC[n+]1ccccc1)c1ccc(N=Nc2nc(-c3ccccc3)ns2)cc1.N#C[S-]. The highest BCUT2D eigenvalue weighted by molar-refractivity contribution is 7.64. The molecule has 0 aliphatic heterocycles. The van der Waals surface area contributed by atoms with Crippen LogP contribution in [0.1, 0.15) is 6.92 Å². The second kappa shape index (κ2) is 13.0. The molecule has 0 N–H and O–H groups in total. The van der Waals surface area contributed by atoms with Crippen LogP contribution in [0.25, 0.3) is 11.4 Å². The molecular weight excluding hydrogens is 450 g/mol. The Morgan fingerprint density at radius 2 is 1.67 bits per heavy atom. The molecule has 0 aliphatic carbocycles. The van der Waals surface area contributed by atoms with E-state index in [1.54, 1.807) is 0 Å². The third-order valence-corrected chi connectivity index (χ3v) is 5.30. The van der Waals surface area contributed by atoms with Crippen LogP contribution in [0.5, 0.6) is 0 Å². The van der Waals surface area contributed by atoms with Crippen molar-refractivity contribution in [2.24, 2.45) is 10.2 Å². The number of azo groups is 1. The first-order valence-corrected chi connectivity index (χ1v) is 11.5. The van der Waals surface area contributed by atoms with Gasteiger partial charge in [-0.3, -0.25) is 0 Å². The van der Waals surface area contributed by atoms with Crippen LogP contribution in [0.15, 0.2) is 95.4 Å². The van der Waals surface area contributed by atoms with Crippen LogP contribution in [0.3, 0.4) is 0 Å². The van der Waals surface area contributed by atoms with Gasteiger partial charge in [0, 0.05) is 41.5 Å². The van der Waals surface area contributed by atoms with E-state index in [-0.39, 0.29) is 0 Å². The zero-order valence-corrected chi connectivity index (χ0v) is 19.8. The van der Waals surface area contributed by atoms with Gasteiger partial charge in [0.15, 0.2) is 24.8 Å². The molecule has 0 atom stereocenters. The molecule has 0 aliphatic rings. The number of rotatable bonds is 8. The standard InChI is InChI=1S/C23H23N6S.CHNS/c1-2-29(18-17-28-15-7-4-8-16-28)21-13-11-20(12-14-21)25-26-23-24-22(27-30-23)19-9-5-3-6-10-19;2-1-3/h3-16H,2,17-18H2,1H3;3H/q+1;/p-1. The van der Waals surface area contributed by atoms with Gasteiger partial charge < -0.3 is 17.5 Å². The van der Waals surface area contributed by atoms with Crippen molar-refractivity contribution >= 4 is 40.7 Å². The third kappa shape index (κ3) is 7.42. The number of hydrogen-bond acceptors (Lipinski definition) is 8. The molecule has 0 fully saturated rings. The van der Waals surface area contributed by atoms with E-state index >= 15 is 0 Å². The number of nitriles is 1. The highest BCUT2D eigenvalue weighted by Crippen LogP contribution is 2.25. The zero-order valence-electron chi connectivity index (χ0n) is 18.2. The van der Waals surface area contributed by atoms with Crippen LogP contribution in [-0.2, 0) is 19.2 Å². The van der Waals surface area contributed by atoms with Gasteiger partial charge in [0.2, 0.25) is 5.13 Å². The van der Waals surface area contributed by atoms with Crippen LogP contribution in [0, 0.1) is 10.7 Å². The van der Waals surface area contributed by atoms with Gasteiger partial charge >= 0.3 is 0 Å². The number of thiocyanates is 1. The average Bonchev–Trinajstić information content (AvgIpc) is 3.35. The summed E-state index contributed by atoms with van der Waals surface area (Å²) in [5, 5.41) is 17.6. The maximum absolute atomic E-state index is 7.13. The molecule has 0 bridgehead atoms. The van der Waals surface area contributed by atoms with E-state index in [1.165, 1.54) is 22.6 Å². The van der Waals surface area contributed by atoms with E-state index in [4.69, 9.17) is 5.26 Å². The number of aromatic nitrogens is 3. The maximum Gasteiger partial charge on any atom is 0.249 e. The Hall–Kier alpha value is -3.74. The molecule has 2 aromatic heterocycles. The Bertz CT molecular complexity index is 1170. The zero-order chi connectivity index (χ0) is 23.3. The van der Waals surface area contributed by atoms with Crippen molar-refractivity contribution in [1.29, 1.82) is 5.26 Å². The summed E-state index contributed by atoms with van der Waals surface area (Å²) in [5.41, 5.74) is 2.95. The van der Waals surface area contributed by atoms with E-state index in [1.807, 2.05) is 48.5 Å². The van der Waals surface area contributed by atoms with E-state index in [2.05, 4.69) is 85.3 Å². The van der Waals surface area contributed by atoms with Crippen molar-refractivity contribution in [3.63, 3.8) is 0 Å². The van der Waals surface area contributed by atoms with E-state index in [0.717, 1.165) is 30.9 Å². The van der Waals surface area contributed by atoms with Crippen molar-refractivity contribution in [3.05, 3.63) is 85.2 Å². The molecule has 0 saturated carbocycles. The lowest BCUT2D eigenvalue weighted by Gasteiger charge is -2.21. The maximum atomic E-state index is 7.13. The van der Waals surface area contributed by atoms with Gasteiger partial charge in [0.25, 0.3) is 0 Å². The first kappa shape index (κ1) is 23.9. The third-order valence-electron chi connectivity index (χ3n) is 4.70. The van der Waals surface area contributed by atoms with Crippen molar-refractivity contribution < 1.29 is 4.57 Å². The van der Waals surface area contributed by atoms with Crippen LogP contribution in [0.2, 0.25) is 0 Å². The molecule has 0 unspecified atom stereocenters. The number of pyridine rings is 1.